The first-order valence-electron chi connectivity index (χ1n) is 7.50. The minimum atomic E-state index is -1.02. The molecule has 0 aliphatic carbocycles. The van der Waals surface area contributed by atoms with Crippen molar-refractivity contribution in [1.29, 1.82) is 0 Å². The molecular weight excluding hydrogens is 378 g/mol. The molecule has 1 heterocycles. The quantitative estimate of drug-likeness (QED) is 0.613. The van der Waals surface area contributed by atoms with Gasteiger partial charge >= 0.3 is 0 Å². The number of thioether (sulfide) groups is 1. The summed E-state index contributed by atoms with van der Waals surface area (Å²) in [6.45, 7) is 0. The Morgan fingerprint density at radius 1 is 1.24 bits per heavy atom. The Morgan fingerprint density at radius 3 is 2.80 bits per heavy atom. The summed E-state index contributed by atoms with van der Waals surface area (Å²) in [5, 5.41) is 8.29. The average molecular weight is 394 g/mol. The van der Waals surface area contributed by atoms with Gasteiger partial charge in [0.25, 0.3) is 0 Å². The number of nitrogens with zero attached hydrogens (tertiary/aromatic N) is 2. The summed E-state index contributed by atoms with van der Waals surface area (Å²) in [6, 6.07) is 14.8. The number of ether oxygens (including phenoxy) is 1. The van der Waals surface area contributed by atoms with Gasteiger partial charge in [-0.3, -0.25) is 9.31 Å². The third kappa shape index (κ3) is 4.62. The number of methoxy groups -OCH3 is 1. The van der Waals surface area contributed by atoms with E-state index in [9.17, 15) is 4.21 Å². The molecule has 5 nitrogen and oxygen atoms in total. The summed E-state index contributed by atoms with van der Waals surface area (Å²) in [4.78, 5) is 5.29. The molecular formula is C17H16ClN3O2S2. The van der Waals surface area contributed by atoms with E-state index in [4.69, 9.17) is 16.3 Å². The molecule has 0 bridgehead atoms. The number of aromatic amines is 1. The molecule has 0 amide bonds. The van der Waals surface area contributed by atoms with Crippen molar-refractivity contribution in [3.05, 3.63) is 53.6 Å². The van der Waals surface area contributed by atoms with Crippen LogP contribution in [-0.2, 0) is 10.8 Å². The molecule has 0 fully saturated rings. The predicted molar refractivity (Wildman–Crippen MR) is 102 cm³/mol. The molecule has 2 aromatic carbocycles. The number of rotatable bonds is 7. The molecule has 0 aliphatic heterocycles. The molecule has 25 heavy (non-hydrogen) atoms. The number of nitrogens with one attached hydrogen (secondary N) is 1. The maximum atomic E-state index is 12.2. The molecule has 1 N–H and O–H groups in total. The van der Waals surface area contributed by atoms with E-state index in [-0.39, 0.29) is 0 Å². The highest BCUT2D eigenvalue weighted by molar-refractivity contribution is 8.00. The molecule has 0 saturated carbocycles. The molecule has 8 heteroatoms. The molecule has 3 aromatic rings. The largest absolute Gasteiger partial charge is 0.496 e. The molecule has 0 saturated heterocycles. The van der Waals surface area contributed by atoms with E-state index < -0.39 is 10.8 Å². The second-order valence-corrected chi connectivity index (χ2v) is 8.09. The summed E-state index contributed by atoms with van der Waals surface area (Å²) in [7, 11) is 0.576. The van der Waals surface area contributed by atoms with E-state index >= 15 is 0 Å². The number of aromatic nitrogens is 3. The van der Waals surface area contributed by atoms with Crippen molar-refractivity contribution in [3.8, 4) is 17.1 Å². The Bertz CT molecular complexity index is 871. The molecule has 1 aromatic heterocycles. The summed E-state index contributed by atoms with van der Waals surface area (Å²) in [6.07, 6.45) is 0. The normalized spacial score (nSPS) is 12.1. The first-order chi connectivity index (χ1) is 12.2. The first-order valence-corrected chi connectivity index (χ1v) is 10.2. The van der Waals surface area contributed by atoms with Crippen molar-refractivity contribution in [2.45, 2.75) is 10.1 Å². The van der Waals surface area contributed by atoms with Gasteiger partial charge in [0.15, 0.2) is 5.82 Å². The minimum absolute atomic E-state index is 0.541. The van der Waals surface area contributed by atoms with Gasteiger partial charge in [0.1, 0.15) is 5.75 Å². The Balaban J connectivity index is 1.63. The van der Waals surface area contributed by atoms with Gasteiger partial charge in [0.05, 0.1) is 23.5 Å². The van der Waals surface area contributed by atoms with Crippen LogP contribution in [0.5, 0.6) is 5.75 Å². The SMILES string of the molecule is COc1ccc(Cl)cc1-c1nc(SCC[S@](=O)c2ccccc2)n[nH]1. The fourth-order valence-electron chi connectivity index (χ4n) is 2.20. The Labute approximate surface area is 157 Å². The lowest BCUT2D eigenvalue weighted by Crippen LogP contribution is -2.00. The van der Waals surface area contributed by atoms with Crippen molar-refractivity contribution >= 4 is 34.2 Å². The number of hydrogen-bond donors (Lipinski definition) is 1. The standard InChI is InChI=1S/C17H16ClN3O2S2/c1-23-15-8-7-12(18)11-14(15)16-19-17(21-20-16)24-9-10-25(22)13-5-3-2-4-6-13/h2-8,11H,9-10H2,1H3,(H,19,20,21)/t25-/m0/s1. The Kier molecular flexibility index (Phi) is 6.12. The van der Waals surface area contributed by atoms with Gasteiger partial charge in [0, 0.05) is 21.4 Å². The van der Waals surface area contributed by atoms with E-state index in [1.165, 1.54) is 11.8 Å². The smallest absolute Gasteiger partial charge is 0.208 e. The van der Waals surface area contributed by atoms with Crippen molar-refractivity contribution in [2.75, 3.05) is 18.6 Å². The number of H-pyrrole nitrogens is 1. The molecule has 0 aliphatic rings. The second-order valence-electron chi connectivity index (χ2n) is 5.02. The van der Waals surface area contributed by atoms with Crippen LogP contribution in [0.15, 0.2) is 58.6 Å². The Hall–Kier alpha value is -1.83. The van der Waals surface area contributed by atoms with E-state index in [1.54, 1.807) is 25.3 Å². The number of hydrogen-bond acceptors (Lipinski definition) is 5. The number of halogens is 1. The van der Waals surface area contributed by atoms with Gasteiger partial charge < -0.3 is 4.74 Å². The zero-order chi connectivity index (χ0) is 17.6. The topological polar surface area (TPSA) is 67.9 Å². The third-order valence-electron chi connectivity index (χ3n) is 3.39. The Morgan fingerprint density at radius 2 is 2.04 bits per heavy atom. The molecule has 0 radical (unpaired) electrons. The monoisotopic (exact) mass is 393 g/mol. The van der Waals surface area contributed by atoms with Gasteiger partial charge in [-0.25, -0.2) is 4.98 Å². The zero-order valence-corrected chi connectivity index (χ0v) is 15.8. The van der Waals surface area contributed by atoms with E-state index in [0.29, 0.717) is 33.3 Å². The summed E-state index contributed by atoms with van der Waals surface area (Å²) < 4.78 is 17.5. The number of benzene rings is 2. The minimum Gasteiger partial charge on any atom is -0.496 e. The van der Waals surface area contributed by atoms with Crippen LogP contribution < -0.4 is 4.74 Å². The van der Waals surface area contributed by atoms with Gasteiger partial charge in [-0.1, -0.05) is 41.6 Å². The fraction of sp³-hybridized carbons (Fsp3) is 0.176. The van der Waals surface area contributed by atoms with Gasteiger partial charge in [-0.2, -0.15) is 0 Å². The van der Waals surface area contributed by atoms with Gasteiger partial charge in [0.2, 0.25) is 5.16 Å². The van der Waals surface area contributed by atoms with Gasteiger partial charge in [-0.05, 0) is 30.3 Å². The maximum absolute atomic E-state index is 12.2. The van der Waals surface area contributed by atoms with Crippen LogP contribution in [0.2, 0.25) is 5.02 Å². The highest BCUT2D eigenvalue weighted by Gasteiger charge is 2.12. The van der Waals surface area contributed by atoms with Crippen LogP contribution >= 0.6 is 23.4 Å². The highest BCUT2D eigenvalue weighted by atomic mass is 35.5. The van der Waals surface area contributed by atoms with Crippen LogP contribution in [0.4, 0.5) is 0 Å². The zero-order valence-electron chi connectivity index (χ0n) is 13.4. The summed E-state index contributed by atoms with van der Waals surface area (Å²) >= 11 is 7.51. The molecule has 0 unspecified atom stereocenters. The van der Waals surface area contributed by atoms with Crippen LogP contribution in [0.25, 0.3) is 11.4 Å². The van der Waals surface area contributed by atoms with Crippen molar-refractivity contribution in [3.63, 3.8) is 0 Å². The third-order valence-corrected chi connectivity index (χ3v) is 6.10. The second kappa shape index (κ2) is 8.51. The summed E-state index contributed by atoms with van der Waals surface area (Å²) in [5.41, 5.74) is 0.752. The lowest BCUT2D eigenvalue weighted by molar-refractivity contribution is 0.416. The lowest BCUT2D eigenvalue weighted by atomic mass is 10.2. The highest BCUT2D eigenvalue weighted by Crippen LogP contribution is 2.31. The van der Waals surface area contributed by atoms with Crippen molar-refractivity contribution in [2.24, 2.45) is 0 Å². The maximum Gasteiger partial charge on any atom is 0.208 e. The van der Waals surface area contributed by atoms with Gasteiger partial charge in [-0.15, -0.1) is 5.10 Å². The van der Waals surface area contributed by atoms with Crippen LogP contribution in [0, 0.1) is 0 Å². The average Bonchev–Trinajstić information content (AvgIpc) is 3.11. The summed E-state index contributed by atoms with van der Waals surface area (Å²) in [5.74, 6) is 2.46. The van der Waals surface area contributed by atoms with Crippen molar-refractivity contribution in [1.82, 2.24) is 15.2 Å². The molecule has 130 valence electrons. The van der Waals surface area contributed by atoms with E-state index in [1.807, 2.05) is 30.3 Å². The van der Waals surface area contributed by atoms with Crippen LogP contribution in [0.3, 0.4) is 0 Å². The van der Waals surface area contributed by atoms with Crippen LogP contribution in [-0.4, -0.2) is 38.0 Å². The predicted octanol–water partition coefficient (Wildman–Crippen LogP) is 4.03. The van der Waals surface area contributed by atoms with E-state index in [0.717, 1.165) is 10.5 Å². The van der Waals surface area contributed by atoms with E-state index in [2.05, 4.69) is 15.2 Å². The molecule has 0 spiro atoms. The first kappa shape index (κ1) is 18.0. The lowest BCUT2D eigenvalue weighted by Gasteiger charge is -2.05. The van der Waals surface area contributed by atoms with Crippen molar-refractivity contribution < 1.29 is 8.95 Å². The fourth-order valence-corrected chi connectivity index (χ4v) is 4.45. The molecule has 3 rings (SSSR count). The van der Waals surface area contributed by atoms with Crippen LogP contribution in [0.1, 0.15) is 0 Å². The molecule has 1 atom stereocenters.